The van der Waals surface area contributed by atoms with Gasteiger partial charge in [0.15, 0.2) is 0 Å². The fourth-order valence-corrected chi connectivity index (χ4v) is 4.41. The van der Waals surface area contributed by atoms with Crippen molar-refractivity contribution in [3.8, 4) is 0 Å². The topological polar surface area (TPSA) is 66.5 Å². The number of carbonyl (C=O) groups excluding carboxylic acids is 1. The number of nitrogens with one attached hydrogen (secondary N) is 1. The molecule has 0 spiro atoms. The molecule has 1 aliphatic rings. The van der Waals surface area contributed by atoms with E-state index < -0.39 is 10.0 Å². The van der Waals surface area contributed by atoms with Gasteiger partial charge < -0.3 is 5.32 Å². The van der Waals surface area contributed by atoms with Crippen LogP contribution in [0.3, 0.4) is 0 Å². The van der Waals surface area contributed by atoms with Gasteiger partial charge in [-0.15, -0.1) is 0 Å². The number of aryl methyl sites for hydroxylation is 2. The lowest BCUT2D eigenvalue weighted by Gasteiger charge is -2.32. The molecule has 134 valence electrons. The van der Waals surface area contributed by atoms with Crippen LogP contribution in [0.15, 0.2) is 23.1 Å². The zero-order chi connectivity index (χ0) is 18.1. The Hall–Kier alpha value is -1.40. The lowest BCUT2D eigenvalue weighted by atomic mass is 9.96. The first-order chi connectivity index (χ1) is 11.0. The van der Waals surface area contributed by atoms with Gasteiger partial charge in [0, 0.05) is 24.5 Å². The molecule has 0 bridgehead atoms. The first-order valence-corrected chi connectivity index (χ1v) is 9.84. The molecular formula is C18H28N2O3S. The number of nitrogens with zero attached hydrogens (tertiary/aromatic N) is 1. The van der Waals surface area contributed by atoms with Crippen LogP contribution < -0.4 is 5.32 Å². The second-order valence-electron chi connectivity index (χ2n) is 7.66. The van der Waals surface area contributed by atoms with Gasteiger partial charge in [-0.25, -0.2) is 8.42 Å². The molecule has 0 saturated carbocycles. The van der Waals surface area contributed by atoms with Gasteiger partial charge >= 0.3 is 0 Å². The van der Waals surface area contributed by atoms with Crippen LogP contribution in [0.2, 0.25) is 0 Å². The summed E-state index contributed by atoms with van der Waals surface area (Å²) in [6.07, 6.45) is 1.12. The molecule has 1 aromatic rings. The van der Waals surface area contributed by atoms with Crippen molar-refractivity contribution in [3.63, 3.8) is 0 Å². The maximum absolute atomic E-state index is 12.8. The molecule has 6 heteroatoms. The number of piperidine rings is 1. The minimum Gasteiger partial charge on any atom is -0.351 e. The number of benzene rings is 1. The SMILES string of the molecule is Cc1ccc(S(=O)(=O)N2CCC(C(=O)NC(C)(C)C)CC2)cc1C. The van der Waals surface area contributed by atoms with E-state index in [1.54, 1.807) is 12.1 Å². The quantitative estimate of drug-likeness (QED) is 0.909. The molecule has 0 atom stereocenters. The molecule has 1 saturated heterocycles. The third kappa shape index (κ3) is 4.36. The summed E-state index contributed by atoms with van der Waals surface area (Å²) in [6, 6.07) is 5.23. The van der Waals surface area contributed by atoms with Crippen LogP contribution in [0.5, 0.6) is 0 Å². The van der Waals surface area contributed by atoms with Crippen molar-refractivity contribution in [2.75, 3.05) is 13.1 Å². The number of amides is 1. The smallest absolute Gasteiger partial charge is 0.243 e. The molecule has 1 fully saturated rings. The molecule has 1 amide bonds. The van der Waals surface area contributed by atoms with E-state index in [9.17, 15) is 13.2 Å². The van der Waals surface area contributed by atoms with Crippen LogP contribution in [-0.4, -0.2) is 37.3 Å². The predicted molar refractivity (Wildman–Crippen MR) is 95.3 cm³/mol. The normalized spacial score (nSPS) is 17.7. The number of sulfonamides is 1. The van der Waals surface area contributed by atoms with Gasteiger partial charge in [0.25, 0.3) is 0 Å². The van der Waals surface area contributed by atoms with Gasteiger partial charge in [0.2, 0.25) is 15.9 Å². The average Bonchev–Trinajstić information content (AvgIpc) is 2.48. The van der Waals surface area contributed by atoms with E-state index in [0.717, 1.165) is 11.1 Å². The number of rotatable bonds is 3. The van der Waals surface area contributed by atoms with E-state index in [1.165, 1.54) is 4.31 Å². The van der Waals surface area contributed by atoms with Crippen LogP contribution >= 0.6 is 0 Å². The minimum absolute atomic E-state index is 0.0192. The molecule has 0 aliphatic carbocycles. The van der Waals surface area contributed by atoms with Crippen molar-refractivity contribution in [2.24, 2.45) is 5.92 Å². The maximum atomic E-state index is 12.8. The Balaban J connectivity index is 2.05. The molecular weight excluding hydrogens is 324 g/mol. The lowest BCUT2D eigenvalue weighted by molar-refractivity contribution is -0.127. The van der Waals surface area contributed by atoms with Gasteiger partial charge in [-0.1, -0.05) is 6.07 Å². The van der Waals surface area contributed by atoms with Gasteiger partial charge in [0.05, 0.1) is 4.90 Å². The third-order valence-corrected chi connectivity index (χ3v) is 6.33. The van der Waals surface area contributed by atoms with Crippen LogP contribution in [0.25, 0.3) is 0 Å². The van der Waals surface area contributed by atoms with Crippen molar-refractivity contribution >= 4 is 15.9 Å². The highest BCUT2D eigenvalue weighted by atomic mass is 32.2. The summed E-state index contributed by atoms with van der Waals surface area (Å²) in [5.41, 5.74) is 1.78. The second-order valence-corrected chi connectivity index (χ2v) is 9.60. The van der Waals surface area contributed by atoms with E-state index in [2.05, 4.69) is 5.32 Å². The first-order valence-electron chi connectivity index (χ1n) is 8.40. The van der Waals surface area contributed by atoms with Gasteiger partial charge in [0.1, 0.15) is 0 Å². The Morgan fingerprint density at radius 1 is 1.12 bits per heavy atom. The summed E-state index contributed by atoms with van der Waals surface area (Å²) in [5.74, 6) is -0.0962. The molecule has 1 aliphatic heterocycles. The fraction of sp³-hybridized carbons (Fsp3) is 0.611. The fourth-order valence-electron chi connectivity index (χ4n) is 2.85. The predicted octanol–water partition coefficient (Wildman–Crippen LogP) is 2.62. The van der Waals surface area contributed by atoms with Crippen LogP contribution in [-0.2, 0) is 14.8 Å². The van der Waals surface area contributed by atoms with Crippen molar-refractivity contribution < 1.29 is 13.2 Å². The molecule has 0 unspecified atom stereocenters. The highest BCUT2D eigenvalue weighted by Crippen LogP contribution is 2.25. The number of hydrogen-bond acceptors (Lipinski definition) is 3. The summed E-state index contributed by atoms with van der Waals surface area (Å²) in [4.78, 5) is 12.6. The van der Waals surface area contributed by atoms with Crippen molar-refractivity contribution in [2.45, 2.75) is 57.9 Å². The second kappa shape index (κ2) is 6.84. The van der Waals surface area contributed by atoms with Crippen LogP contribution in [0.4, 0.5) is 0 Å². The average molecular weight is 353 g/mol. The summed E-state index contributed by atoms with van der Waals surface area (Å²) in [6.45, 7) is 10.5. The molecule has 1 aromatic carbocycles. The molecule has 1 N–H and O–H groups in total. The van der Waals surface area contributed by atoms with Crippen molar-refractivity contribution in [1.29, 1.82) is 0 Å². The Labute approximate surface area is 145 Å². The van der Waals surface area contributed by atoms with E-state index in [0.29, 0.717) is 30.8 Å². The molecule has 0 radical (unpaired) electrons. The molecule has 0 aromatic heterocycles. The van der Waals surface area contributed by atoms with Crippen LogP contribution in [0, 0.1) is 19.8 Å². The van der Waals surface area contributed by atoms with Crippen LogP contribution in [0.1, 0.15) is 44.7 Å². The Morgan fingerprint density at radius 2 is 1.71 bits per heavy atom. The molecule has 5 nitrogen and oxygen atoms in total. The van der Waals surface area contributed by atoms with E-state index in [4.69, 9.17) is 0 Å². The Bertz CT molecular complexity index is 712. The standard InChI is InChI=1S/C18H28N2O3S/c1-13-6-7-16(12-14(13)2)24(22,23)20-10-8-15(9-11-20)17(21)19-18(3,4)5/h6-7,12,15H,8-11H2,1-5H3,(H,19,21). The maximum Gasteiger partial charge on any atom is 0.243 e. The first kappa shape index (κ1) is 18.9. The minimum atomic E-state index is -3.48. The monoisotopic (exact) mass is 352 g/mol. The number of carbonyl (C=O) groups is 1. The summed E-state index contributed by atoms with van der Waals surface area (Å²) < 4.78 is 27.1. The lowest BCUT2D eigenvalue weighted by Crippen LogP contribution is -2.47. The Morgan fingerprint density at radius 3 is 2.21 bits per heavy atom. The van der Waals surface area contributed by atoms with Gasteiger partial charge in [-0.05, 0) is 70.7 Å². The summed E-state index contributed by atoms with van der Waals surface area (Å²) in [5, 5.41) is 2.98. The summed E-state index contributed by atoms with van der Waals surface area (Å²) in [7, 11) is -3.48. The van der Waals surface area contributed by atoms with Gasteiger partial charge in [-0.3, -0.25) is 4.79 Å². The zero-order valence-electron chi connectivity index (χ0n) is 15.2. The van der Waals surface area contributed by atoms with Gasteiger partial charge in [-0.2, -0.15) is 4.31 Å². The molecule has 2 rings (SSSR count). The Kier molecular flexibility index (Phi) is 5.40. The van der Waals surface area contributed by atoms with Crippen molar-refractivity contribution in [3.05, 3.63) is 29.3 Å². The van der Waals surface area contributed by atoms with E-state index in [1.807, 2.05) is 40.7 Å². The largest absolute Gasteiger partial charge is 0.351 e. The number of hydrogen-bond donors (Lipinski definition) is 1. The van der Waals surface area contributed by atoms with E-state index >= 15 is 0 Å². The zero-order valence-corrected chi connectivity index (χ0v) is 16.0. The highest BCUT2D eigenvalue weighted by molar-refractivity contribution is 7.89. The third-order valence-electron chi connectivity index (χ3n) is 4.44. The molecule has 24 heavy (non-hydrogen) atoms. The molecule has 1 heterocycles. The summed E-state index contributed by atoms with van der Waals surface area (Å²) >= 11 is 0. The highest BCUT2D eigenvalue weighted by Gasteiger charge is 2.33. The van der Waals surface area contributed by atoms with Crippen molar-refractivity contribution in [1.82, 2.24) is 9.62 Å². The van der Waals surface area contributed by atoms with E-state index in [-0.39, 0.29) is 17.4 Å².